The quantitative estimate of drug-likeness (QED) is 0.778. The van der Waals surface area contributed by atoms with Crippen molar-refractivity contribution in [1.29, 1.82) is 0 Å². The fourth-order valence-electron chi connectivity index (χ4n) is 1.23. The minimum Gasteiger partial charge on any atom is -0.507 e. The van der Waals surface area contributed by atoms with Crippen LogP contribution in [0.5, 0.6) is 5.75 Å². The normalized spacial score (nSPS) is 10.6. The average Bonchev–Trinajstić information content (AvgIpc) is 2.08. The first-order valence-electron chi connectivity index (χ1n) is 3.74. The van der Waals surface area contributed by atoms with Crippen molar-refractivity contribution in [3.63, 3.8) is 0 Å². The molecule has 0 unspecified atom stereocenters. The van der Waals surface area contributed by atoms with Crippen molar-refractivity contribution < 1.29 is 5.11 Å². The highest BCUT2D eigenvalue weighted by Crippen LogP contribution is 2.30. The number of phenolic OH excluding ortho intramolecular Hbond substituents is 1. The molecule has 2 rings (SSSR count). The zero-order chi connectivity index (χ0) is 9.42. The first kappa shape index (κ1) is 9.03. The van der Waals surface area contributed by atoms with Gasteiger partial charge in [-0.15, -0.1) is 0 Å². The second kappa shape index (κ2) is 3.31. The van der Waals surface area contributed by atoms with Crippen molar-refractivity contribution in [1.82, 2.24) is 0 Å². The first-order valence-corrected chi connectivity index (χ1v) is 5.33. The van der Waals surface area contributed by atoms with Crippen LogP contribution in [0.15, 0.2) is 39.3 Å². The van der Waals surface area contributed by atoms with E-state index in [9.17, 15) is 5.11 Å². The first-order chi connectivity index (χ1) is 6.16. The zero-order valence-electron chi connectivity index (χ0n) is 6.59. The lowest BCUT2D eigenvalue weighted by atomic mass is 10.1. The lowest BCUT2D eigenvalue weighted by molar-refractivity contribution is 0.473. The van der Waals surface area contributed by atoms with E-state index >= 15 is 0 Å². The summed E-state index contributed by atoms with van der Waals surface area (Å²) in [5, 5.41) is 11.6. The standard InChI is InChI=1S/C10H6Br2O/c11-8-2-1-6-4-9(12)10(13)5-7(6)3-8/h1-5,13H. The lowest BCUT2D eigenvalue weighted by Crippen LogP contribution is -1.74. The van der Waals surface area contributed by atoms with Crippen molar-refractivity contribution in [2.24, 2.45) is 0 Å². The van der Waals surface area contributed by atoms with Gasteiger partial charge in [-0.05, 0) is 51.0 Å². The number of rotatable bonds is 0. The Bertz CT molecular complexity index is 466. The number of hydrogen-bond acceptors (Lipinski definition) is 1. The van der Waals surface area contributed by atoms with Gasteiger partial charge in [0, 0.05) is 4.47 Å². The third-order valence-electron chi connectivity index (χ3n) is 1.87. The van der Waals surface area contributed by atoms with Crippen molar-refractivity contribution in [3.05, 3.63) is 39.3 Å². The van der Waals surface area contributed by atoms with E-state index in [1.54, 1.807) is 6.07 Å². The Labute approximate surface area is 92.6 Å². The van der Waals surface area contributed by atoms with E-state index in [2.05, 4.69) is 31.9 Å². The highest BCUT2D eigenvalue weighted by Gasteiger charge is 2.00. The molecule has 0 saturated carbocycles. The molecule has 0 fully saturated rings. The van der Waals surface area contributed by atoms with Gasteiger partial charge in [0.2, 0.25) is 0 Å². The molecule has 0 aliphatic rings. The van der Waals surface area contributed by atoms with E-state index in [4.69, 9.17) is 0 Å². The van der Waals surface area contributed by atoms with Gasteiger partial charge in [-0.3, -0.25) is 0 Å². The Morgan fingerprint density at radius 1 is 0.923 bits per heavy atom. The minimum atomic E-state index is 0.269. The maximum Gasteiger partial charge on any atom is 0.130 e. The SMILES string of the molecule is Oc1cc2cc(Br)ccc2cc1Br. The van der Waals surface area contributed by atoms with E-state index in [0.717, 1.165) is 19.7 Å². The van der Waals surface area contributed by atoms with Gasteiger partial charge < -0.3 is 5.11 Å². The van der Waals surface area contributed by atoms with Gasteiger partial charge in [-0.2, -0.15) is 0 Å². The maximum atomic E-state index is 9.45. The van der Waals surface area contributed by atoms with Crippen LogP contribution >= 0.6 is 31.9 Å². The summed E-state index contributed by atoms with van der Waals surface area (Å²) in [7, 11) is 0. The number of phenols is 1. The molecule has 66 valence electrons. The molecule has 0 atom stereocenters. The van der Waals surface area contributed by atoms with Crippen LogP contribution in [-0.2, 0) is 0 Å². The molecule has 0 aromatic heterocycles. The van der Waals surface area contributed by atoms with Gasteiger partial charge in [0.25, 0.3) is 0 Å². The Kier molecular flexibility index (Phi) is 2.30. The molecule has 0 spiro atoms. The van der Waals surface area contributed by atoms with Gasteiger partial charge in [-0.25, -0.2) is 0 Å². The largest absolute Gasteiger partial charge is 0.507 e. The van der Waals surface area contributed by atoms with Gasteiger partial charge in [-0.1, -0.05) is 22.0 Å². The summed E-state index contributed by atoms with van der Waals surface area (Å²) in [5.74, 6) is 0.269. The third-order valence-corrected chi connectivity index (χ3v) is 3.00. The molecule has 0 radical (unpaired) electrons. The minimum absolute atomic E-state index is 0.269. The Balaban J connectivity index is 2.81. The molecular weight excluding hydrogens is 296 g/mol. The molecular formula is C10H6Br2O. The molecule has 2 aromatic carbocycles. The highest BCUT2D eigenvalue weighted by atomic mass is 79.9. The molecule has 0 aliphatic carbocycles. The van der Waals surface area contributed by atoms with Crippen molar-refractivity contribution in [3.8, 4) is 5.75 Å². The van der Waals surface area contributed by atoms with Crippen molar-refractivity contribution in [2.75, 3.05) is 0 Å². The molecule has 2 aromatic rings. The lowest BCUT2D eigenvalue weighted by Gasteiger charge is -2.01. The topological polar surface area (TPSA) is 20.2 Å². The molecule has 0 heterocycles. The molecule has 3 heteroatoms. The van der Waals surface area contributed by atoms with Gasteiger partial charge in [0.1, 0.15) is 5.75 Å². The third kappa shape index (κ3) is 1.71. The van der Waals surface area contributed by atoms with Gasteiger partial charge in [0.05, 0.1) is 4.47 Å². The summed E-state index contributed by atoms with van der Waals surface area (Å²) < 4.78 is 1.74. The smallest absolute Gasteiger partial charge is 0.130 e. The predicted octanol–water partition coefficient (Wildman–Crippen LogP) is 4.07. The van der Waals surface area contributed by atoms with Crippen molar-refractivity contribution >= 4 is 42.6 Å². The monoisotopic (exact) mass is 300 g/mol. The number of aromatic hydroxyl groups is 1. The van der Waals surface area contributed by atoms with E-state index in [1.165, 1.54) is 0 Å². The summed E-state index contributed by atoms with van der Waals surface area (Å²) >= 11 is 6.66. The highest BCUT2D eigenvalue weighted by molar-refractivity contribution is 9.10. The van der Waals surface area contributed by atoms with E-state index < -0.39 is 0 Å². The summed E-state index contributed by atoms with van der Waals surface area (Å²) in [6, 6.07) is 9.60. The van der Waals surface area contributed by atoms with Crippen LogP contribution in [0, 0.1) is 0 Å². The number of fused-ring (bicyclic) bond motifs is 1. The second-order valence-electron chi connectivity index (χ2n) is 2.80. The van der Waals surface area contributed by atoms with Crippen molar-refractivity contribution in [2.45, 2.75) is 0 Å². The molecule has 1 nitrogen and oxygen atoms in total. The molecule has 0 amide bonds. The summed E-state index contributed by atoms with van der Waals surface area (Å²) in [6.45, 7) is 0. The average molecular weight is 302 g/mol. The molecule has 0 bridgehead atoms. The Morgan fingerprint density at radius 2 is 1.69 bits per heavy atom. The summed E-state index contributed by atoms with van der Waals surface area (Å²) in [5.41, 5.74) is 0. The van der Waals surface area contributed by atoms with Crippen LogP contribution < -0.4 is 0 Å². The Hall–Kier alpha value is -0.540. The second-order valence-corrected chi connectivity index (χ2v) is 4.57. The molecule has 1 N–H and O–H groups in total. The van der Waals surface area contributed by atoms with Gasteiger partial charge in [0.15, 0.2) is 0 Å². The summed E-state index contributed by atoms with van der Waals surface area (Å²) in [6.07, 6.45) is 0. The van der Waals surface area contributed by atoms with Crippen LogP contribution in [0.2, 0.25) is 0 Å². The van der Waals surface area contributed by atoms with E-state index in [1.807, 2.05) is 24.3 Å². The number of benzene rings is 2. The molecule has 13 heavy (non-hydrogen) atoms. The fraction of sp³-hybridized carbons (Fsp3) is 0. The summed E-state index contributed by atoms with van der Waals surface area (Å²) in [4.78, 5) is 0. The van der Waals surface area contributed by atoms with Crippen LogP contribution in [0.1, 0.15) is 0 Å². The molecule has 0 aliphatic heterocycles. The predicted molar refractivity (Wildman–Crippen MR) is 61.0 cm³/mol. The van der Waals surface area contributed by atoms with E-state index in [0.29, 0.717) is 0 Å². The Morgan fingerprint density at radius 3 is 2.46 bits per heavy atom. The van der Waals surface area contributed by atoms with Crippen LogP contribution in [0.3, 0.4) is 0 Å². The van der Waals surface area contributed by atoms with Gasteiger partial charge >= 0.3 is 0 Å². The van der Waals surface area contributed by atoms with Crippen LogP contribution in [0.25, 0.3) is 10.8 Å². The van der Waals surface area contributed by atoms with Crippen LogP contribution in [-0.4, -0.2) is 5.11 Å². The van der Waals surface area contributed by atoms with E-state index in [-0.39, 0.29) is 5.75 Å². The fourth-order valence-corrected chi connectivity index (χ4v) is 1.97. The van der Waals surface area contributed by atoms with Crippen LogP contribution in [0.4, 0.5) is 0 Å². The number of hydrogen-bond donors (Lipinski definition) is 1. The molecule has 0 saturated heterocycles. The number of halogens is 2. The maximum absolute atomic E-state index is 9.45. The zero-order valence-corrected chi connectivity index (χ0v) is 9.76.